The van der Waals surface area contributed by atoms with Gasteiger partial charge in [0.05, 0.1) is 12.7 Å². The molecule has 1 aliphatic heterocycles. The van der Waals surface area contributed by atoms with Gasteiger partial charge in [0.25, 0.3) is 0 Å². The second-order valence-corrected chi connectivity index (χ2v) is 4.50. The van der Waals surface area contributed by atoms with E-state index in [1.54, 1.807) is 0 Å². The fourth-order valence-electron chi connectivity index (χ4n) is 1.40. The van der Waals surface area contributed by atoms with Crippen molar-refractivity contribution in [3.63, 3.8) is 0 Å². The van der Waals surface area contributed by atoms with E-state index in [1.807, 2.05) is 13.8 Å². The lowest BCUT2D eigenvalue weighted by Crippen LogP contribution is -2.32. The van der Waals surface area contributed by atoms with Crippen LogP contribution in [0.5, 0.6) is 0 Å². The highest BCUT2D eigenvalue weighted by Crippen LogP contribution is 2.21. The summed E-state index contributed by atoms with van der Waals surface area (Å²) in [6.45, 7) is 10.9. The van der Waals surface area contributed by atoms with Gasteiger partial charge in [0.2, 0.25) is 0 Å². The molecule has 1 N–H and O–H groups in total. The Morgan fingerprint density at radius 3 is 2.62 bits per heavy atom. The van der Waals surface area contributed by atoms with E-state index in [-0.39, 0.29) is 11.9 Å². The third-order valence-corrected chi connectivity index (χ3v) is 1.99. The zero-order valence-corrected chi connectivity index (χ0v) is 9.09. The largest absolute Gasteiger partial charge is 0.348 e. The van der Waals surface area contributed by atoms with E-state index in [0.29, 0.717) is 12.5 Å². The van der Waals surface area contributed by atoms with Crippen molar-refractivity contribution in [2.45, 2.75) is 39.6 Å². The minimum absolute atomic E-state index is 0.216. The first-order chi connectivity index (χ1) is 5.99. The molecule has 3 heteroatoms. The molecule has 13 heavy (non-hydrogen) atoms. The molecule has 3 nitrogen and oxygen atoms in total. The average molecular weight is 187 g/mol. The number of nitrogens with one attached hydrogen (secondary N) is 1. The highest BCUT2D eigenvalue weighted by Gasteiger charge is 2.32. The van der Waals surface area contributed by atoms with E-state index in [1.165, 1.54) is 0 Å². The van der Waals surface area contributed by atoms with Crippen molar-refractivity contribution >= 4 is 0 Å². The minimum Gasteiger partial charge on any atom is -0.348 e. The van der Waals surface area contributed by atoms with E-state index in [4.69, 9.17) is 9.47 Å². The first kappa shape index (κ1) is 11.0. The Labute approximate surface area is 80.8 Å². The van der Waals surface area contributed by atoms with Crippen LogP contribution < -0.4 is 5.32 Å². The molecule has 0 saturated carbocycles. The number of ether oxygens (including phenoxy) is 2. The van der Waals surface area contributed by atoms with Crippen molar-refractivity contribution in [2.24, 2.45) is 5.92 Å². The van der Waals surface area contributed by atoms with Crippen LogP contribution in [-0.2, 0) is 9.47 Å². The van der Waals surface area contributed by atoms with Crippen LogP contribution in [0.3, 0.4) is 0 Å². The van der Waals surface area contributed by atoms with Gasteiger partial charge in [-0.3, -0.25) is 0 Å². The van der Waals surface area contributed by atoms with Gasteiger partial charge >= 0.3 is 0 Å². The van der Waals surface area contributed by atoms with Gasteiger partial charge in [0, 0.05) is 6.54 Å². The molecule has 0 spiro atoms. The van der Waals surface area contributed by atoms with Crippen molar-refractivity contribution in [3.8, 4) is 0 Å². The Kier molecular flexibility index (Phi) is 3.71. The van der Waals surface area contributed by atoms with Crippen LogP contribution in [0.1, 0.15) is 27.7 Å². The average Bonchev–Trinajstić information content (AvgIpc) is 2.29. The van der Waals surface area contributed by atoms with Gasteiger partial charge in [-0.1, -0.05) is 13.8 Å². The van der Waals surface area contributed by atoms with Crippen molar-refractivity contribution in [3.05, 3.63) is 0 Å². The summed E-state index contributed by atoms with van der Waals surface area (Å²) < 4.78 is 11.1. The SMILES string of the molecule is CC(C)CNCC1COC(C)(C)O1. The molecule has 1 fully saturated rings. The Morgan fingerprint density at radius 1 is 1.46 bits per heavy atom. The predicted octanol–water partition coefficient (Wildman–Crippen LogP) is 1.38. The maximum atomic E-state index is 5.65. The third kappa shape index (κ3) is 4.07. The van der Waals surface area contributed by atoms with Crippen LogP contribution in [0.15, 0.2) is 0 Å². The second-order valence-electron chi connectivity index (χ2n) is 4.50. The van der Waals surface area contributed by atoms with Gasteiger partial charge in [-0.2, -0.15) is 0 Å². The molecule has 0 aliphatic carbocycles. The van der Waals surface area contributed by atoms with E-state index in [9.17, 15) is 0 Å². The lowest BCUT2D eigenvalue weighted by Gasteiger charge is -2.17. The van der Waals surface area contributed by atoms with Crippen LogP contribution in [-0.4, -0.2) is 31.6 Å². The number of hydrogen-bond acceptors (Lipinski definition) is 3. The topological polar surface area (TPSA) is 30.5 Å². The summed E-state index contributed by atoms with van der Waals surface area (Å²) in [5, 5.41) is 3.36. The van der Waals surface area contributed by atoms with Crippen molar-refractivity contribution < 1.29 is 9.47 Å². The van der Waals surface area contributed by atoms with Gasteiger partial charge in [0.1, 0.15) is 0 Å². The van der Waals surface area contributed by atoms with E-state index >= 15 is 0 Å². The van der Waals surface area contributed by atoms with Gasteiger partial charge in [-0.15, -0.1) is 0 Å². The van der Waals surface area contributed by atoms with Gasteiger partial charge < -0.3 is 14.8 Å². The lowest BCUT2D eigenvalue weighted by molar-refractivity contribution is -0.137. The van der Waals surface area contributed by atoms with Crippen LogP contribution in [0, 0.1) is 5.92 Å². The fraction of sp³-hybridized carbons (Fsp3) is 1.00. The maximum Gasteiger partial charge on any atom is 0.163 e. The molecule has 1 saturated heterocycles. The standard InChI is InChI=1S/C10H21NO2/c1-8(2)5-11-6-9-7-12-10(3,4)13-9/h8-9,11H,5-7H2,1-4H3. The van der Waals surface area contributed by atoms with Crippen molar-refractivity contribution in [2.75, 3.05) is 19.7 Å². The normalized spacial score (nSPS) is 27.0. The molecule has 0 aromatic heterocycles. The minimum atomic E-state index is -0.385. The van der Waals surface area contributed by atoms with Crippen LogP contribution in [0.4, 0.5) is 0 Å². The van der Waals surface area contributed by atoms with Gasteiger partial charge in [0.15, 0.2) is 5.79 Å². The summed E-state index contributed by atoms with van der Waals surface area (Å²) in [6, 6.07) is 0. The second kappa shape index (κ2) is 4.40. The van der Waals surface area contributed by atoms with Crippen LogP contribution >= 0.6 is 0 Å². The van der Waals surface area contributed by atoms with E-state index in [2.05, 4.69) is 19.2 Å². The summed E-state index contributed by atoms with van der Waals surface area (Å²) >= 11 is 0. The first-order valence-corrected chi connectivity index (χ1v) is 5.02. The summed E-state index contributed by atoms with van der Waals surface area (Å²) in [5.41, 5.74) is 0. The Morgan fingerprint density at radius 2 is 2.15 bits per heavy atom. The molecule has 0 bridgehead atoms. The zero-order valence-electron chi connectivity index (χ0n) is 9.09. The Hall–Kier alpha value is -0.120. The smallest absolute Gasteiger partial charge is 0.163 e. The molecule has 78 valence electrons. The van der Waals surface area contributed by atoms with E-state index in [0.717, 1.165) is 13.1 Å². The van der Waals surface area contributed by atoms with Gasteiger partial charge in [-0.05, 0) is 26.3 Å². The third-order valence-electron chi connectivity index (χ3n) is 1.99. The molecule has 0 amide bonds. The number of hydrogen-bond donors (Lipinski definition) is 1. The van der Waals surface area contributed by atoms with Crippen LogP contribution in [0.2, 0.25) is 0 Å². The molecular weight excluding hydrogens is 166 g/mol. The van der Waals surface area contributed by atoms with Crippen molar-refractivity contribution in [1.82, 2.24) is 5.32 Å². The summed E-state index contributed by atoms with van der Waals surface area (Å²) in [6.07, 6.45) is 0.216. The van der Waals surface area contributed by atoms with Crippen LogP contribution in [0.25, 0.3) is 0 Å². The van der Waals surface area contributed by atoms with Crippen molar-refractivity contribution in [1.29, 1.82) is 0 Å². The summed E-state index contributed by atoms with van der Waals surface area (Å²) in [4.78, 5) is 0. The summed E-state index contributed by atoms with van der Waals surface area (Å²) in [7, 11) is 0. The molecule has 1 rings (SSSR count). The first-order valence-electron chi connectivity index (χ1n) is 5.02. The molecule has 0 aromatic rings. The molecule has 1 heterocycles. The molecule has 0 radical (unpaired) electrons. The Balaban J connectivity index is 2.11. The maximum absolute atomic E-state index is 5.65. The highest BCUT2D eigenvalue weighted by atomic mass is 16.7. The predicted molar refractivity (Wildman–Crippen MR) is 52.6 cm³/mol. The molecule has 1 aliphatic rings. The monoisotopic (exact) mass is 187 g/mol. The molecule has 1 atom stereocenters. The fourth-order valence-corrected chi connectivity index (χ4v) is 1.40. The lowest BCUT2D eigenvalue weighted by atomic mass is 10.2. The quantitative estimate of drug-likeness (QED) is 0.721. The molecular formula is C10H21NO2. The number of rotatable bonds is 4. The summed E-state index contributed by atoms with van der Waals surface area (Å²) in [5.74, 6) is 0.305. The molecule has 1 unspecified atom stereocenters. The Bertz CT molecular complexity index is 157. The van der Waals surface area contributed by atoms with E-state index < -0.39 is 0 Å². The van der Waals surface area contributed by atoms with Gasteiger partial charge in [-0.25, -0.2) is 0 Å². The molecule has 0 aromatic carbocycles. The zero-order chi connectivity index (χ0) is 9.90. The highest BCUT2D eigenvalue weighted by molar-refractivity contribution is 4.72.